The van der Waals surface area contributed by atoms with Gasteiger partial charge in [0.15, 0.2) is 12.2 Å². The lowest BCUT2D eigenvalue weighted by Crippen LogP contribution is -2.46. The lowest BCUT2D eigenvalue weighted by atomic mass is 9.91. The molecule has 0 amide bonds. The maximum Gasteiger partial charge on any atom is 0.311 e. The first-order valence-corrected chi connectivity index (χ1v) is 9.03. The SMILES string of the molecule is CC(=O)OC(C)(C)[C@H]1Oc2ccc3c(c2[C@H]1OC(=O)C(C)C)OC(=O)CC3. The quantitative estimate of drug-likeness (QED) is 0.590. The van der Waals surface area contributed by atoms with E-state index in [1.165, 1.54) is 6.92 Å². The third kappa shape index (κ3) is 3.63. The average molecular weight is 376 g/mol. The Morgan fingerprint density at radius 3 is 2.56 bits per heavy atom. The molecule has 7 heteroatoms. The summed E-state index contributed by atoms with van der Waals surface area (Å²) < 4.78 is 22.7. The van der Waals surface area contributed by atoms with Crippen LogP contribution in [0.4, 0.5) is 0 Å². The number of rotatable bonds is 4. The number of carbonyl (C=O) groups is 3. The van der Waals surface area contributed by atoms with Gasteiger partial charge in [-0.15, -0.1) is 0 Å². The predicted octanol–water partition coefficient (Wildman–Crippen LogP) is 2.88. The number of benzene rings is 1. The standard InChI is InChI=1S/C20H24O7/c1-10(2)19(23)26-17-15-13(24-18(17)20(4,5)27-11(3)21)8-6-12-7-9-14(22)25-16(12)15/h6,8,10,17-18H,7,9H2,1-5H3/t17-,18+/m1/s1. The molecule has 1 aromatic carbocycles. The van der Waals surface area contributed by atoms with Gasteiger partial charge in [0.1, 0.15) is 17.1 Å². The zero-order valence-corrected chi connectivity index (χ0v) is 16.2. The van der Waals surface area contributed by atoms with E-state index in [1.54, 1.807) is 33.8 Å². The van der Waals surface area contributed by atoms with Gasteiger partial charge in [-0.05, 0) is 31.9 Å². The van der Waals surface area contributed by atoms with Gasteiger partial charge in [-0.1, -0.05) is 19.9 Å². The van der Waals surface area contributed by atoms with Crippen molar-refractivity contribution < 1.29 is 33.3 Å². The molecular weight excluding hydrogens is 352 g/mol. The van der Waals surface area contributed by atoms with Gasteiger partial charge < -0.3 is 18.9 Å². The molecule has 2 heterocycles. The fourth-order valence-electron chi connectivity index (χ4n) is 3.38. The Morgan fingerprint density at radius 2 is 1.93 bits per heavy atom. The summed E-state index contributed by atoms with van der Waals surface area (Å²) in [6.45, 7) is 8.15. The molecule has 27 heavy (non-hydrogen) atoms. The highest BCUT2D eigenvalue weighted by Crippen LogP contribution is 2.50. The van der Waals surface area contributed by atoms with E-state index in [9.17, 15) is 14.4 Å². The Kier molecular flexibility index (Phi) is 4.88. The molecule has 0 spiro atoms. The minimum Gasteiger partial charge on any atom is -0.481 e. The largest absolute Gasteiger partial charge is 0.481 e. The van der Waals surface area contributed by atoms with E-state index in [4.69, 9.17) is 18.9 Å². The lowest BCUT2D eigenvalue weighted by molar-refractivity contribution is -0.177. The fraction of sp³-hybridized carbons (Fsp3) is 0.550. The summed E-state index contributed by atoms with van der Waals surface area (Å²) in [4.78, 5) is 35.7. The second-order valence-corrected chi connectivity index (χ2v) is 7.69. The van der Waals surface area contributed by atoms with Gasteiger partial charge >= 0.3 is 17.9 Å². The first-order chi connectivity index (χ1) is 12.6. The van der Waals surface area contributed by atoms with Crippen molar-refractivity contribution in [2.24, 2.45) is 5.92 Å². The van der Waals surface area contributed by atoms with E-state index in [-0.39, 0.29) is 11.9 Å². The van der Waals surface area contributed by atoms with E-state index in [0.29, 0.717) is 29.9 Å². The van der Waals surface area contributed by atoms with Crippen LogP contribution in [-0.4, -0.2) is 29.6 Å². The van der Waals surface area contributed by atoms with Crippen LogP contribution in [0.15, 0.2) is 12.1 Å². The van der Waals surface area contributed by atoms with Crippen molar-refractivity contribution in [1.82, 2.24) is 0 Å². The fourth-order valence-corrected chi connectivity index (χ4v) is 3.38. The lowest BCUT2D eigenvalue weighted by Gasteiger charge is -2.33. The summed E-state index contributed by atoms with van der Waals surface area (Å²) in [5.74, 6) is -0.746. The summed E-state index contributed by atoms with van der Waals surface area (Å²) in [7, 11) is 0. The van der Waals surface area contributed by atoms with Crippen molar-refractivity contribution in [3.05, 3.63) is 23.3 Å². The topological polar surface area (TPSA) is 88.1 Å². The second kappa shape index (κ2) is 6.87. The maximum absolute atomic E-state index is 12.3. The molecule has 0 unspecified atom stereocenters. The Labute approximate surface area is 157 Å². The summed E-state index contributed by atoms with van der Waals surface area (Å²) in [6, 6.07) is 3.61. The molecule has 0 fully saturated rings. The van der Waals surface area contributed by atoms with Crippen molar-refractivity contribution in [3.8, 4) is 11.5 Å². The number of hydrogen-bond acceptors (Lipinski definition) is 7. The highest BCUT2D eigenvalue weighted by molar-refractivity contribution is 5.78. The minimum atomic E-state index is -1.07. The molecule has 0 aliphatic carbocycles. The molecule has 2 atom stereocenters. The monoisotopic (exact) mass is 376 g/mol. The number of carbonyl (C=O) groups excluding carboxylic acids is 3. The Bertz CT molecular complexity index is 794. The minimum absolute atomic E-state index is 0.297. The smallest absolute Gasteiger partial charge is 0.311 e. The van der Waals surface area contributed by atoms with Gasteiger partial charge in [0.05, 0.1) is 17.9 Å². The van der Waals surface area contributed by atoms with Crippen LogP contribution in [0.1, 0.15) is 58.3 Å². The number of ether oxygens (including phenoxy) is 4. The average Bonchev–Trinajstić information content (AvgIpc) is 2.93. The molecule has 1 aromatic rings. The Morgan fingerprint density at radius 1 is 1.22 bits per heavy atom. The van der Waals surface area contributed by atoms with Gasteiger partial charge in [0.2, 0.25) is 0 Å². The number of esters is 3. The van der Waals surface area contributed by atoms with Crippen molar-refractivity contribution >= 4 is 17.9 Å². The van der Waals surface area contributed by atoms with Crippen LogP contribution in [0.25, 0.3) is 0 Å². The van der Waals surface area contributed by atoms with E-state index in [0.717, 1.165) is 5.56 Å². The molecule has 7 nitrogen and oxygen atoms in total. The van der Waals surface area contributed by atoms with Crippen LogP contribution in [0, 0.1) is 5.92 Å². The van der Waals surface area contributed by atoms with Crippen LogP contribution in [0.2, 0.25) is 0 Å². The van der Waals surface area contributed by atoms with E-state index < -0.39 is 29.7 Å². The molecule has 0 bridgehead atoms. The third-order valence-electron chi connectivity index (χ3n) is 4.67. The summed E-state index contributed by atoms with van der Waals surface area (Å²) in [5, 5.41) is 0. The zero-order valence-electron chi connectivity index (χ0n) is 16.2. The molecule has 3 rings (SSSR count). The summed E-state index contributed by atoms with van der Waals surface area (Å²) in [6.07, 6.45) is -0.785. The molecular formula is C20H24O7. The number of aryl methyl sites for hydroxylation is 1. The number of hydrogen-bond donors (Lipinski definition) is 0. The summed E-state index contributed by atoms with van der Waals surface area (Å²) >= 11 is 0. The highest BCUT2D eigenvalue weighted by Gasteiger charge is 2.51. The van der Waals surface area contributed by atoms with E-state index in [2.05, 4.69) is 0 Å². The maximum atomic E-state index is 12.3. The first-order valence-electron chi connectivity index (χ1n) is 9.03. The van der Waals surface area contributed by atoms with Gasteiger partial charge in [-0.2, -0.15) is 0 Å². The van der Waals surface area contributed by atoms with E-state index in [1.807, 2.05) is 6.07 Å². The van der Waals surface area contributed by atoms with Gasteiger partial charge in [-0.25, -0.2) is 0 Å². The molecule has 146 valence electrons. The van der Waals surface area contributed by atoms with Crippen molar-refractivity contribution in [1.29, 1.82) is 0 Å². The van der Waals surface area contributed by atoms with Crippen molar-refractivity contribution in [2.45, 2.75) is 65.3 Å². The molecule has 0 saturated carbocycles. The van der Waals surface area contributed by atoms with E-state index >= 15 is 0 Å². The Hall–Kier alpha value is -2.57. The van der Waals surface area contributed by atoms with Crippen LogP contribution < -0.4 is 9.47 Å². The summed E-state index contributed by atoms with van der Waals surface area (Å²) in [5.41, 5.74) is 0.298. The zero-order chi connectivity index (χ0) is 19.9. The predicted molar refractivity (Wildman–Crippen MR) is 94.3 cm³/mol. The molecule has 0 aromatic heterocycles. The normalized spacial score (nSPS) is 21.0. The van der Waals surface area contributed by atoms with Gasteiger partial charge in [-0.3, -0.25) is 14.4 Å². The van der Waals surface area contributed by atoms with Crippen LogP contribution in [0.5, 0.6) is 11.5 Å². The van der Waals surface area contributed by atoms with Crippen LogP contribution in [-0.2, 0) is 30.3 Å². The highest BCUT2D eigenvalue weighted by atomic mass is 16.6. The van der Waals surface area contributed by atoms with Gasteiger partial charge in [0, 0.05) is 6.92 Å². The second-order valence-electron chi connectivity index (χ2n) is 7.69. The molecule has 2 aliphatic rings. The first kappa shape index (κ1) is 19.2. The van der Waals surface area contributed by atoms with Crippen LogP contribution in [0.3, 0.4) is 0 Å². The van der Waals surface area contributed by atoms with Crippen molar-refractivity contribution in [2.75, 3.05) is 0 Å². The Balaban J connectivity index is 2.06. The molecule has 0 saturated heterocycles. The molecule has 2 aliphatic heterocycles. The van der Waals surface area contributed by atoms with Crippen LogP contribution >= 0.6 is 0 Å². The van der Waals surface area contributed by atoms with Gasteiger partial charge in [0.25, 0.3) is 0 Å². The molecule has 0 N–H and O–H groups in total. The number of fused-ring (bicyclic) bond motifs is 3. The van der Waals surface area contributed by atoms with Crippen molar-refractivity contribution in [3.63, 3.8) is 0 Å². The third-order valence-corrected chi connectivity index (χ3v) is 4.67. The molecule has 0 radical (unpaired) electrons.